The molecule has 2 saturated heterocycles. The molecule has 1 saturated carbocycles. The molecule has 3 rings (SSSR count). The van der Waals surface area contributed by atoms with Gasteiger partial charge >= 0.3 is 0 Å². The van der Waals surface area contributed by atoms with Crippen molar-refractivity contribution in [3.8, 4) is 0 Å². The first kappa shape index (κ1) is 17.2. The van der Waals surface area contributed by atoms with Gasteiger partial charge in [0.05, 0.1) is 0 Å². The Morgan fingerprint density at radius 1 is 0.957 bits per heavy atom. The highest BCUT2D eigenvalue weighted by Gasteiger charge is 2.36. The SMILES string of the molecule is CN(C)C(=O)C1CCN(C2CCN(C3CCCC3)CC2N)CC1. The summed E-state index contributed by atoms with van der Waals surface area (Å²) < 4.78 is 0. The Morgan fingerprint density at radius 2 is 1.57 bits per heavy atom. The largest absolute Gasteiger partial charge is 0.349 e. The van der Waals surface area contributed by atoms with E-state index in [1.54, 1.807) is 4.90 Å². The maximum atomic E-state index is 12.1. The van der Waals surface area contributed by atoms with Gasteiger partial charge in [0.2, 0.25) is 5.91 Å². The van der Waals surface area contributed by atoms with Crippen molar-refractivity contribution in [3.05, 3.63) is 0 Å². The third-order valence-corrected chi connectivity index (χ3v) is 6.28. The molecule has 23 heavy (non-hydrogen) atoms. The van der Waals surface area contributed by atoms with Crippen LogP contribution in [0.3, 0.4) is 0 Å². The highest BCUT2D eigenvalue weighted by molar-refractivity contribution is 5.78. The number of hydrogen-bond acceptors (Lipinski definition) is 4. The molecule has 2 aliphatic heterocycles. The molecule has 0 spiro atoms. The minimum Gasteiger partial charge on any atom is -0.349 e. The second-order valence-corrected chi connectivity index (χ2v) is 8.00. The minimum absolute atomic E-state index is 0.219. The molecule has 2 N–H and O–H groups in total. The average molecular weight is 322 g/mol. The summed E-state index contributed by atoms with van der Waals surface area (Å²) in [6.45, 7) is 4.34. The molecule has 2 heterocycles. The van der Waals surface area contributed by atoms with Crippen molar-refractivity contribution in [2.24, 2.45) is 11.7 Å². The number of piperidine rings is 2. The maximum absolute atomic E-state index is 12.1. The van der Waals surface area contributed by atoms with Gasteiger partial charge in [0.15, 0.2) is 0 Å². The average Bonchev–Trinajstić information content (AvgIpc) is 3.08. The standard InChI is InChI=1S/C18H34N4O/c1-20(2)18(23)14-7-10-21(11-8-14)17-9-12-22(13-16(17)19)15-5-3-4-6-15/h14-17H,3-13,19H2,1-2H3. The van der Waals surface area contributed by atoms with Crippen molar-refractivity contribution in [1.82, 2.24) is 14.7 Å². The number of rotatable bonds is 3. The Bertz CT molecular complexity index is 400. The van der Waals surface area contributed by atoms with Gasteiger partial charge in [-0.3, -0.25) is 14.6 Å². The van der Waals surface area contributed by atoms with Gasteiger partial charge in [0, 0.05) is 51.2 Å². The molecule has 1 aliphatic carbocycles. The number of carbonyl (C=O) groups is 1. The fourth-order valence-corrected chi connectivity index (χ4v) is 4.89. The van der Waals surface area contributed by atoms with Gasteiger partial charge in [-0.2, -0.15) is 0 Å². The van der Waals surface area contributed by atoms with E-state index in [0.717, 1.165) is 38.5 Å². The van der Waals surface area contributed by atoms with E-state index in [0.29, 0.717) is 11.9 Å². The molecular weight excluding hydrogens is 288 g/mol. The second kappa shape index (κ2) is 7.49. The van der Waals surface area contributed by atoms with Crippen LogP contribution in [0.2, 0.25) is 0 Å². The normalized spacial score (nSPS) is 32.3. The molecule has 5 nitrogen and oxygen atoms in total. The van der Waals surface area contributed by atoms with E-state index in [1.165, 1.54) is 38.6 Å². The molecule has 0 bridgehead atoms. The van der Waals surface area contributed by atoms with Crippen LogP contribution in [-0.2, 0) is 4.79 Å². The zero-order valence-electron chi connectivity index (χ0n) is 14.9. The summed E-state index contributed by atoms with van der Waals surface area (Å²) in [6.07, 6.45) is 8.72. The van der Waals surface area contributed by atoms with Gasteiger partial charge < -0.3 is 10.6 Å². The van der Waals surface area contributed by atoms with Crippen LogP contribution < -0.4 is 5.73 Å². The molecule has 3 aliphatic rings. The first-order valence-corrected chi connectivity index (χ1v) is 9.51. The zero-order valence-corrected chi connectivity index (χ0v) is 14.9. The Hall–Kier alpha value is -0.650. The number of carbonyl (C=O) groups excluding carboxylic acids is 1. The van der Waals surface area contributed by atoms with E-state index in [9.17, 15) is 4.79 Å². The third-order valence-electron chi connectivity index (χ3n) is 6.28. The predicted molar refractivity (Wildman–Crippen MR) is 93.2 cm³/mol. The van der Waals surface area contributed by atoms with Crippen molar-refractivity contribution in [3.63, 3.8) is 0 Å². The highest BCUT2D eigenvalue weighted by Crippen LogP contribution is 2.29. The third kappa shape index (κ3) is 3.89. The molecule has 0 radical (unpaired) electrons. The van der Waals surface area contributed by atoms with E-state index in [-0.39, 0.29) is 12.0 Å². The second-order valence-electron chi connectivity index (χ2n) is 8.00. The highest BCUT2D eigenvalue weighted by atomic mass is 16.2. The van der Waals surface area contributed by atoms with Crippen molar-refractivity contribution >= 4 is 5.91 Å². The number of nitrogens with two attached hydrogens (primary N) is 1. The van der Waals surface area contributed by atoms with Gasteiger partial charge in [0.1, 0.15) is 0 Å². The number of amides is 1. The van der Waals surface area contributed by atoms with Gasteiger partial charge in [-0.15, -0.1) is 0 Å². The molecule has 0 aromatic heterocycles. The first-order chi connectivity index (χ1) is 11.1. The van der Waals surface area contributed by atoms with E-state index < -0.39 is 0 Å². The topological polar surface area (TPSA) is 52.8 Å². The Kier molecular flexibility index (Phi) is 5.60. The van der Waals surface area contributed by atoms with Crippen LogP contribution in [-0.4, -0.2) is 79.0 Å². The van der Waals surface area contributed by atoms with E-state index in [1.807, 2.05) is 14.1 Å². The lowest BCUT2D eigenvalue weighted by Gasteiger charge is -2.46. The van der Waals surface area contributed by atoms with Gasteiger partial charge in [-0.05, 0) is 45.2 Å². The molecule has 132 valence electrons. The Balaban J connectivity index is 1.48. The zero-order chi connectivity index (χ0) is 16.4. The summed E-state index contributed by atoms with van der Waals surface area (Å²) in [6, 6.07) is 1.58. The number of hydrogen-bond donors (Lipinski definition) is 1. The fraction of sp³-hybridized carbons (Fsp3) is 0.944. The van der Waals surface area contributed by atoms with Crippen LogP contribution in [0.1, 0.15) is 44.9 Å². The van der Waals surface area contributed by atoms with E-state index in [4.69, 9.17) is 5.73 Å². The lowest BCUT2D eigenvalue weighted by atomic mass is 9.90. The van der Waals surface area contributed by atoms with Crippen molar-refractivity contribution in [1.29, 1.82) is 0 Å². The number of likely N-dealkylation sites (tertiary alicyclic amines) is 2. The van der Waals surface area contributed by atoms with E-state index >= 15 is 0 Å². The van der Waals surface area contributed by atoms with Crippen LogP contribution in [0.5, 0.6) is 0 Å². The lowest BCUT2D eigenvalue weighted by Crippen LogP contribution is -2.60. The molecule has 2 atom stereocenters. The van der Waals surface area contributed by atoms with Gasteiger partial charge in [0.25, 0.3) is 0 Å². The smallest absolute Gasteiger partial charge is 0.225 e. The molecular formula is C18H34N4O. The van der Waals surface area contributed by atoms with Crippen LogP contribution in [0.25, 0.3) is 0 Å². The molecule has 5 heteroatoms. The summed E-state index contributed by atoms with van der Waals surface area (Å²) in [7, 11) is 3.73. The molecule has 1 amide bonds. The minimum atomic E-state index is 0.219. The van der Waals surface area contributed by atoms with Crippen LogP contribution >= 0.6 is 0 Å². The van der Waals surface area contributed by atoms with Crippen molar-refractivity contribution in [2.75, 3.05) is 40.3 Å². The molecule has 0 aromatic rings. The maximum Gasteiger partial charge on any atom is 0.225 e. The van der Waals surface area contributed by atoms with Gasteiger partial charge in [-0.25, -0.2) is 0 Å². The summed E-state index contributed by atoms with van der Waals surface area (Å²) in [5.74, 6) is 0.515. The fourth-order valence-electron chi connectivity index (χ4n) is 4.89. The summed E-state index contributed by atoms with van der Waals surface area (Å²) in [5.41, 5.74) is 6.55. The van der Waals surface area contributed by atoms with Crippen LogP contribution in [0.15, 0.2) is 0 Å². The van der Waals surface area contributed by atoms with Gasteiger partial charge in [-0.1, -0.05) is 12.8 Å². The summed E-state index contributed by atoms with van der Waals surface area (Å²) >= 11 is 0. The van der Waals surface area contributed by atoms with E-state index in [2.05, 4.69) is 9.80 Å². The predicted octanol–water partition coefficient (Wildman–Crippen LogP) is 1.13. The Labute approximate surface area is 141 Å². The first-order valence-electron chi connectivity index (χ1n) is 9.51. The summed E-state index contributed by atoms with van der Waals surface area (Å²) in [5, 5.41) is 0. The quantitative estimate of drug-likeness (QED) is 0.846. The van der Waals surface area contributed by atoms with Crippen LogP contribution in [0.4, 0.5) is 0 Å². The molecule has 2 unspecified atom stereocenters. The van der Waals surface area contributed by atoms with Crippen molar-refractivity contribution in [2.45, 2.75) is 63.1 Å². The molecule has 3 fully saturated rings. The van der Waals surface area contributed by atoms with Crippen molar-refractivity contribution < 1.29 is 4.79 Å². The molecule has 0 aromatic carbocycles. The Morgan fingerprint density at radius 3 is 2.13 bits per heavy atom. The lowest BCUT2D eigenvalue weighted by molar-refractivity contribution is -0.134. The summed E-state index contributed by atoms with van der Waals surface area (Å²) in [4.78, 5) is 19.1. The van der Waals surface area contributed by atoms with Crippen LogP contribution in [0, 0.1) is 5.92 Å². The number of nitrogens with zero attached hydrogens (tertiary/aromatic N) is 3. The monoisotopic (exact) mass is 322 g/mol.